The second kappa shape index (κ2) is 5.11. The second-order valence-electron chi connectivity index (χ2n) is 4.99. The van der Waals surface area contributed by atoms with Gasteiger partial charge in [-0.1, -0.05) is 0 Å². The number of likely N-dealkylation sites (N-methyl/N-ethyl adjacent to an activating group) is 1. The SMILES string of the molecule is CNC(=O)c1ccc(N(C)C2(C(=O)O)CCC2)cc1F. The summed E-state index contributed by atoms with van der Waals surface area (Å²) in [5, 5.41) is 11.7. The van der Waals surface area contributed by atoms with E-state index in [2.05, 4.69) is 5.32 Å². The van der Waals surface area contributed by atoms with Crippen LogP contribution < -0.4 is 10.2 Å². The highest BCUT2D eigenvalue weighted by Gasteiger charge is 2.48. The molecule has 0 unspecified atom stereocenters. The number of hydrogen-bond donors (Lipinski definition) is 2. The van der Waals surface area contributed by atoms with Crippen LogP contribution in [0.15, 0.2) is 18.2 Å². The van der Waals surface area contributed by atoms with Crippen LogP contribution in [0.2, 0.25) is 0 Å². The van der Waals surface area contributed by atoms with E-state index in [1.165, 1.54) is 19.2 Å². The Morgan fingerprint density at radius 2 is 2.05 bits per heavy atom. The number of nitrogens with zero attached hydrogens (tertiary/aromatic N) is 1. The lowest BCUT2D eigenvalue weighted by atomic mass is 9.75. The fraction of sp³-hybridized carbons (Fsp3) is 0.429. The standard InChI is InChI=1S/C14H17FN2O3/c1-16-12(18)10-5-4-9(8-11(10)15)17(2)14(13(19)20)6-3-7-14/h4-5,8H,3,6-7H2,1-2H3,(H,16,18)(H,19,20). The Balaban J connectivity index is 2.32. The topological polar surface area (TPSA) is 69.6 Å². The van der Waals surface area contributed by atoms with E-state index >= 15 is 0 Å². The van der Waals surface area contributed by atoms with Crippen LogP contribution in [0.25, 0.3) is 0 Å². The molecule has 1 aromatic rings. The van der Waals surface area contributed by atoms with Crippen LogP contribution in [0, 0.1) is 5.82 Å². The molecule has 0 aromatic heterocycles. The van der Waals surface area contributed by atoms with Gasteiger partial charge in [-0.05, 0) is 37.5 Å². The number of carboxylic acid groups (broad SMARTS) is 1. The minimum absolute atomic E-state index is 0.0531. The minimum Gasteiger partial charge on any atom is -0.479 e. The molecule has 0 bridgehead atoms. The van der Waals surface area contributed by atoms with Crippen molar-refractivity contribution >= 4 is 17.6 Å². The average molecular weight is 280 g/mol. The molecule has 20 heavy (non-hydrogen) atoms. The van der Waals surface area contributed by atoms with E-state index in [4.69, 9.17) is 0 Å². The molecule has 0 heterocycles. The maximum absolute atomic E-state index is 13.9. The Morgan fingerprint density at radius 1 is 1.40 bits per heavy atom. The molecule has 1 saturated carbocycles. The summed E-state index contributed by atoms with van der Waals surface area (Å²) < 4.78 is 13.9. The van der Waals surface area contributed by atoms with Crippen molar-refractivity contribution in [1.29, 1.82) is 0 Å². The molecule has 0 saturated heterocycles. The molecular weight excluding hydrogens is 263 g/mol. The van der Waals surface area contributed by atoms with E-state index in [0.29, 0.717) is 18.5 Å². The second-order valence-corrected chi connectivity index (χ2v) is 4.99. The van der Waals surface area contributed by atoms with Gasteiger partial charge in [-0.3, -0.25) is 4.79 Å². The first kappa shape index (κ1) is 14.3. The van der Waals surface area contributed by atoms with Gasteiger partial charge < -0.3 is 15.3 Å². The zero-order valence-corrected chi connectivity index (χ0v) is 11.4. The number of carboxylic acids is 1. The Kier molecular flexibility index (Phi) is 3.65. The zero-order valence-electron chi connectivity index (χ0n) is 11.4. The van der Waals surface area contributed by atoms with Gasteiger partial charge in [0.15, 0.2) is 0 Å². The summed E-state index contributed by atoms with van der Waals surface area (Å²) in [5.74, 6) is -2.07. The Hall–Kier alpha value is -2.11. The summed E-state index contributed by atoms with van der Waals surface area (Å²) in [6, 6.07) is 4.14. The Morgan fingerprint density at radius 3 is 2.45 bits per heavy atom. The van der Waals surface area contributed by atoms with E-state index in [1.807, 2.05) is 0 Å². The summed E-state index contributed by atoms with van der Waals surface area (Å²) >= 11 is 0. The molecule has 5 nitrogen and oxygen atoms in total. The predicted octanol–water partition coefficient (Wildman–Crippen LogP) is 1.63. The molecule has 1 amide bonds. The normalized spacial score (nSPS) is 16.1. The van der Waals surface area contributed by atoms with Crippen LogP contribution in [0.5, 0.6) is 0 Å². The molecule has 2 N–H and O–H groups in total. The Bertz CT molecular complexity index is 555. The number of amides is 1. The van der Waals surface area contributed by atoms with Crippen molar-refractivity contribution < 1.29 is 19.1 Å². The third kappa shape index (κ3) is 2.11. The van der Waals surface area contributed by atoms with Gasteiger partial charge in [-0.2, -0.15) is 0 Å². The van der Waals surface area contributed by atoms with E-state index in [0.717, 1.165) is 6.42 Å². The zero-order chi connectivity index (χ0) is 14.9. The largest absolute Gasteiger partial charge is 0.479 e. The third-order valence-electron chi connectivity index (χ3n) is 4.03. The van der Waals surface area contributed by atoms with E-state index in [-0.39, 0.29) is 5.56 Å². The fourth-order valence-corrected chi connectivity index (χ4v) is 2.48. The predicted molar refractivity (Wildman–Crippen MR) is 72.4 cm³/mol. The number of rotatable bonds is 4. The van der Waals surface area contributed by atoms with E-state index in [9.17, 15) is 19.1 Å². The van der Waals surface area contributed by atoms with Crippen molar-refractivity contribution in [1.82, 2.24) is 5.32 Å². The maximum Gasteiger partial charge on any atom is 0.329 e. The molecule has 0 aliphatic heterocycles. The third-order valence-corrected chi connectivity index (χ3v) is 4.03. The molecule has 108 valence electrons. The number of carbonyl (C=O) groups excluding carboxylic acids is 1. The summed E-state index contributed by atoms with van der Waals surface area (Å²) in [7, 11) is 3.07. The van der Waals surface area contributed by atoms with Crippen LogP contribution >= 0.6 is 0 Å². The molecule has 6 heteroatoms. The number of nitrogens with one attached hydrogen (secondary N) is 1. The highest BCUT2D eigenvalue weighted by molar-refractivity contribution is 5.94. The monoisotopic (exact) mass is 280 g/mol. The fourth-order valence-electron chi connectivity index (χ4n) is 2.48. The van der Waals surface area contributed by atoms with Gasteiger partial charge in [0.2, 0.25) is 0 Å². The number of carbonyl (C=O) groups is 2. The lowest BCUT2D eigenvalue weighted by Gasteiger charge is -2.46. The number of anilines is 1. The Labute approximate surface area is 116 Å². The summed E-state index contributed by atoms with van der Waals surface area (Å²) in [4.78, 5) is 24.4. The maximum atomic E-state index is 13.9. The molecular formula is C14H17FN2O3. The minimum atomic E-state index is -0.957. The lowest BCUT2D eigenvalue weighted by molar-refractivity contribution is -0.146. The molecule has 1 fully saturated rings. The van der Waals surface area contributed by atoms with E-state index in [1.54, 1.807) is 18.0 Å². The van der Waals surface area contributed by atoms with Crippen molar-refractivity contribution in [2.24, 2.45) is 0 Å². The van der Waals surface area contributed by atoms with Gasteiger partial charge in [0, 0.05) is 19.8 Å². The van der Waals surface area contributed by atoms with Crippen molar-refractivity contribution in [2.45, 2.75) is 24.8 Å². The van der Waals surface area contributed by atoms with Crippen LogP contribution in [0.4, 0.5) is 10.1 Å². The van der Waals surface area contributed by atoms with Crippen LogP contribution in [-0.2, 0) is 4.79 Å². The summed E-state index contributed by atoms with van der Waals surface area (Å²) in [6.07, 6.45) is 1.92. The lowest BCUT2D eigenvalue weighted by Crippen LogP contribution is -2.58. The first-order valence-electron chi connectivity index (χ1n) is 6.41. The smallest absolute Gasteiger partial charge is 0.329 e. The van der Waals surface area contributed by atoms with Crippen molar-refractivity contribution in [3.05, 3.63) is 29.6 Å². The number of halogens is 1. The number of benzene rings is 1. The molecule has 1 aromatic carbocycles. The summed E-state index contributed by atoms with van der Waals surface area (Å²) in [6.45, 7) is 0. The molecule has 1 aliphatic carbocycles. The molecule has 2 rings (SSSR count). The van der Waals surface area contributed by atoms with Gasteiger partial charge in [0.25, 0.3) is 5.91 Å². The molecule has 0 spiro atoms. The average Bonchev–Trinajstić information content (AvgIpc) is 2.35. The molecule has 0 atom stereocenters. The quantitative estimate of drug-likeness (QED) is 0.879. The molecule has 0 radical (unpaired) electrons. The van der Waals surface area contributed by atoms with Crippen LogP contribution in [0.3, 0.4) is 0 Å². The van der Waals surface area contributed by atoms with Crippen LogP contribution in [0.1, 0.15) is 29.6 Å². The van der Waals surface area contributed by atoms with Crippen LogP contribution in [-0.4, -0.2) is 36.6 Å². The summed E-state index contributed by atoms with van der Waals surface area (Å²) in [5.41, 5.74) is -0.555. The van der Waals surface area contributed by atoms with Crippen molar-refractivity contribution in [3.8, 4) is 0 Å². The molecule has 1 aliphatic rings. The number of hydrogen-bond acceptors (Lipinski definition) is 3. The van der Waals surface area contributed by atoms with Gasteiger partial charge in [-0.25, -0.2) is 9.18 Å². The first-order chi connectivity index (χ1) is 9.42. The number of aliphatic carboxylic acids is 1. The highest BCUT2D eigenvalue weighted by Crippen LogP contribution is 2.40. The van der Waals surface area contributed by atoms with Crippen molar-refractivity contribution in [2.75, 3.05) is 19.0 Å². The van der Waals surface area contributed by atoms with Gasteiger partial charge in [-0.15, -0.1) is 0 Å². The first-order valence-corrected chi connectivity index (χ1v) is 6.41. The van der Waals surface area contributed by atoms with Crippen molar-refractivity contribution in [3.63, 3.8) is 0 Å². The highest BCUT2D eigenvalue weighted by atomic mass is 19.1. The van der Waals surface area contributed by atoms with Gasteiger partial charge in [0.1, 0.15) is 11.4 Å². The van der Waals surface area contributed by atoms with Gasteiger partial charge in [0.05, 0.1) is 5.56 Å². The van der Waals surface area contributed by atoms with E-state index < -0.39 is 23.2 Å². The van der Waals surface area contributed by atoms with Gasteiger partial charge >= 0.3 is 5.97 Å².